The van der Waals surface area contributed by atoms with E-state index in [-0.39, 0.29) is 5.56 Å². The summed E-state index contributed by atoms with van der Waals surface area (Å²) in [7, 11) is 0. The lowest BCUT2D eigenvalue weighted by atomic mass is 10.1. The predicted molar refractivity (Wildman–Crippen MR) is 69.4 cm³/mol. The van der Waals surface area contributed by atoms with E-state index in [4.69, 9.17) is 6.42 Å². The Hall–Kier alpha value is -2.60. The number of H-pyrrole nitrogens is 1. The molecule has 0 radical (unpaired) electrons. The van der Waals surface area contributed by atoms with Gasteiger partial charge in [0.2, 0.25) is 0 Å². The van der Waals surface area contributed by atoms with Crippen molar-refractivity contribution in [1.82, 2.24) is 9.97 Å². The zero-order valence-electron chi connectivity index (χ0n) is 9.44. The molecule has 0 saturated heterocycles. The van der Waals surface area contributed by atoms with Crippen molar-refractivity contribution < 1.29 is 4.39 Å². The quantitative estimate of drug-likeness (QED) is 0.645. The summed E-state index contributed by atoms with van der Waals surface area (Å²) < 4.78 is 13.3. The first-order valence-corrected chi connectivity index (χ1v) is 5.49. The molecule has 0 atom stereocenters. The molecular weight excluding hydrogens is 227 g/mol. The normalized spacial score (nSPS) is 10.4. The number of aromatic amines is 1. The first kappa shape index (κ1) is 10.5. The van der Waals surface area contributed by atoms with Crippen LogP contribution in [0.4, 0.5) is 4.39 Å². The van der Waals surface area contributed by atoms with Gasteiger partial charge in [0.25, 0.3) is 0 Å². The summed E-state index contributed by atoms with van der Waals surface area (Å²) in [6.07, 6.45) is 5.25. The van der Waals surface area contributed by atoms with Crippen LogP contribution in [-0.4, -0.2) is 9.97 Å². The molecule has 0 spiro atoms. The average Bonchev–Trinajstić information content (AvgIpc) is 2.83. The highest BCUT2D eigenvalue weighted by Gasteiger charge is 2.07. The van der Waals surface area contributed by atoms with Gasteiger partial charge in [-0.05, 0) is 30.3 Å². The van der Waals surface area contributed by atoms with E-state index in [1.807, 2.05) is 24.3 Å². The molecule has 1 N–H and O–H groups in total. The Balaban J connectivity index is 2.17. The Bertz CT molecular complexity index is 733. The van der Waals surface area contributed by atoms with Crippen LogP contribution in [0.2, 0.25) is 0 Å². The second-order valence-electron chi connectivity index (χ2n) is 3.94. The number of imidazole rings is 1. The number of halogens is 1. The maximum atomic E-state index is 13.3. The van der Waals surface area contributed by atoms with E-state index < -0.39 is 5.82 Å². The van der Waals surface area contributed by atoms with E-state index in [9.17, 15) is 4.39 Å². The number of terminal acetylenes is 1. The number of nitrogens with zero attached hydrogens (tertiary/aromatic N) is 1. The lowest BCUT2D eigenvalue weighted by Gasteiger charge is -1.99. The van der Waals surface area contributed by atoms with Gasteiger partial charge < -0.3 is 4.98 Å². The highest BCUT2D eigenvalue weighted by atomic mass is 19.1. The lowest BCUT2D eigenvalue weighted by Crippen LogP contribution is -1.86. The Kier molecular flexibility index (Phi) is 2.35. The standard InChI is InChI=1S/C15H9FN2/c1-2-10-9-11(7-8-12(10)16)15-17-13-5-3-4-6-14(13)18-15/h1,3-9H,(H,17,18). The topological polar surface area (TPSA) is 28.7 Å². The van der Waals surface area contributed by atoms with Gasteiger partial charge in [0.15, 0.2) is 0 Å². The molecule has 0 unspecified atom stereocenters. The molecule has 0 aliphatic carbocycles. The first-order valence-electron chi connectivity index (χ1n) is 5.49. The molecule has 1 aromatic heterocycles. The lowest BCUT2D eigenvalue weighted by molar-refractivity contribution is 0.624. The van der Waals surface area contributed by atoms with Crippen molar-refractivity contribution in [3.05, 3.63) is 53.8 Å². The number of para-hydroxylation sites is 2. The van der Waals surface area contributed by atoms with Crippen LogP contribution in [0.3, 0.4) is 0 Å². The number of nitrogens with one attached hydrogen (secondary N) is 1. The van der Waals surface area contributed by atoms with Crippen LogP contribution in [0, 0.1) is 18.2 Å². The van der Waals surface area contributed by atoms with Crippen molar-refractivity contribution >= 4 is 11.0 Å². The molecule has 0 saturated carbocycles. The van der Waals surface area contributed by atoms with Gasteiger partial charge in [-0.3, -0.25) is 0 Å². The van der Waals surface area contributed by atoms with Crippen molar-refractivity contribution in [2.24, 2.45) is 0 Å². The van der Waals surface area contributed by atoms with Crippen LogP contribution < -0.4 is 0 Å². The number of hydrogen-bond acceptors (Lipinski definition) is 1. The fourth-order valence-corrected chi connectivity index (χ4v) is 1.87. The summed E-state index contributed by atoms with van der Waals surface area (Å²) in [5.74, 6) is 2.62. The summed E-state index contributed by atoms with van der Waals surface area (Å²) in [6, 6.07) is 12.4. The highest BCUT2D eigenvalue weighted by Crippen LogP contribution is 2.22. The summed E-state index contributed by atoms with van der Waals surface area (Å²) in [4.78, 5) is 7.62. The Morgan fingerprint density at radius 2 is 2.00 bits per heavy atom. The van der Waals surface area contributed by atoms with Gasteiger partial charge in [-0.25, -0.2) is 9.37 Å². The van der Waals surface area contributed by atoms with Gasteiger partial charge in [-0.2, -0.15) is 0 Å². The molecule has 2 nitrogen and oxygen atoms in total. The molecule has 3 heteroatoms. The zero-order chi connectivity index (χ0) is 12.5. The van der Waals surface area contributed by atoms with Crippen LogP contribution in [0.15, 0.2) is 42.5 Å². The SMILES string of the molecule is C#Cc1cc(-c2nc3ccccc3[nH]2)ccc1F. The highest BCUT2D eigenvalue weighted by molar-refractivity contribution is 5.79. The third-order valence-electron chi connectivity index (χ3n) is 2.78. The molecule has 0 bridgehead atoms. The van der Waals surface area contributed by atoms with Crippen molar-refractivity contribution in [2.45, 2.75) is 0 Å². The minimum atomic E-state index is -0.391. The van der Waals surface area contributed by atoms with Crippen LogP contribution in [0.5, 0.6) is 0 Å². The van der Waals surface area contributed by atoms with Crippen molar-refractivity contribution in [2.75, 3.05) is 0 Å². The van der Waals surface area contributed by atoms with Gasteiger partial charge >= 0.3 is 0 Å². The van der Waals surface area contributed by atoms with E-state index in [0.29, 0.717) is 5.82 Å². The van der Waals surface area contributed by atoms with Gasteiger partial charge in [-0.1, -0.05) is 18.1 Å². The summed E-state index contributed by atoms with van der Waals surface area (Å²) in [5.41, 5.74) is 2.84. The van der Waals surface area contributed by atoms with Gasteiger partial charge in [0.1, 0.15) is 11.6 Å². The molecule has 18 heavy (non-hydrogen) atoms. The smallest absolute Gasteiger partial charge is 0.138 e. The zero-order valence-corrected chi connectivity index (χ0v) is 9.44. The number of benzene rings is 2. The van der Waals surface area contributed by atoms with Crippen molar-refractivity contribution in [3.8, 4) is 23.7 Å². The van der Waals surface area contributed by atoms with Crippen molar-refractivity contribution in [1.29, 1.82) is 0 Å². The second kappa shape index (κ2) is 4.01. The van der Waals surface area contributed by atoms with Crippen LogP contribution in [0.25, 0.3) is 22.4 Å². The Morgan fingerprint density at radius 1 is 1.17 bits per heavy atom. The third-order valence-corrected chi connectivity index (χ3v) is 2.78. The summed E-state index contributed by atoms with van der Waals surface area (Å²) >= 11 is 0. The summed E-state index contributed by atoms with van der Waals surface area (Å²) in [5, 5.41) is 0. The molecule has 0 amide bonds. The van der Waals surface area contributed by atoms with E-state index in [1.54, 1.807) is 12.1 Å². The van der Waals surface area contributed by atoms with E-state index in [0.717, 1.165) is 16.6 Å². The maximum absolute atomic E-state index is 13.3. The van der Waals surface area contributed by atoms with Crippen LogP contribution >= 0.6 is 0 Å². The predicted octanol–water partition coefficient (Wildman–Crippen LogP) is 3.35. The largest absolute Gasteiger partial charge is 0.338 e. The Morgan fingerprint density at radius 3 is 2.78 bits per heavy atom. The van der Waals surface area contributed by atoms with Crippen LogP contribution in [0.1, 0.15) is 5.56 Å². The van der Waals surface area contributed by atoms with Crippen LogP contribution in [-0.2, 0) is 0 Å². The number of fused-ring (bicyclic) bond motifs is 1. The van der Waals surface area contributed by atoms with E-state index in [2.05, 4.69) is 15.9 Å². The molecule has 86 valence electrons. The second-order valence-corrected chi connectivity index (χ2v) is 3.94. The fraction of sp³-hybridized carbons (Fsp3) is 0. The summed E-state index contributed by atoms with van der Waals surface area (Å²) in [6.45, 7) is 0. The Labute approximate surface area is 103 Å². The molecule has 3 aromatic rings. The minimum Gasteiger partial charge on any atom is -0.338 e. The molecular formula is C15H9FN2. The van der Waals surface area contributed by atoms with Crippen molar-refractivity contribution in [3.63, 3.8) is 0 Å². The molecule has 0 fully saturated rings. The minimum absolute atomic E-state index is 0.243. The van der Waals surface area contributed by atoms with Gasteiger partial charge in [0, 0.05) is 5.56 Å². The molecule has 1 heterocycles. The molecule has 3 rings (SSSR count). The monoisotopic (exact) mass is 236 g/mol. The van der Waals surface area contributed by atoms with Gasteiger partial charge in [-0.15, -0.1) is 6.42 Å². The molecule has 0 aliphatic rings. The molecule has 2 aromatic carbocycles. The maximum Gasteiger partial charge on any atom is 0.138 e. The van der Waals surface area contributed by atoms with E-state index >= 15 is 0 Å². The fourth-order valence-electron chi connectivity index (χ4n) is 1.87. The first-order chi connectivity index (χ1) is 8.78. The number of rotatable bonds is 1. The van der Waals surface area contributed by atoms with Gasteiger partial charge in [0.05, 0.1) is 16.6 Å². The van der Waals surface area contributed by atoms with E-state index in [1.165, 1.54) is 6.07 Å². The third kappa shape index (κ3) is 1.64. The molecule has 0 aliphatic heterocycles. The average molecular weight is 236 g/mol. The number of aromatic nitrogens is 2. The number of hydrogen-bond donors (Lipinski definition) is 1.